The molecule has 0 radical (unpaired) electrons. The van der Waals surface area contributed by atoms with Gasteiger partial charge in [0.05, 0.1) is 10.7 Å². The van der Waals surface area contributed by atoms with Crippen molar-refractivity contribution in [1.29, 1.82) is 0 Å². The highest BCUT2D eigenvalue weighted by Crippen LogP contribution is 2.39. The van der Waals surface area contributed by atoms with Crippen molar-refractivity contribution in [2.45, 2.75) is 25.3 Å². The Bertz CT molecular complexity index is 542. The van der Waals surface area contributed by atoms with E-state index in [0.29, 0.717) is 0 Å². The van der Waals surface area contributed by atoms with E-state index in [9.17, 15) is 19.1 Å². The van der Waals surface area contributed by atoms with Gasteiger partial charge in [0.1, 0.15) is 11.4 Å². The topological polar surface area (TPSA) is 78.4 Å². The normalized spacial score (nSPS) is 17.1. The molecular weight excluding hydrogens is 287 g/mol. The number of carbonyl (C=O) groups excluding carboxylic acids is 1. The van der Waals surface area contributed by atoms with Crippen molar-refractivity contribution in [3.63, 3.8) is 0 Å². The lowest BCUT2D eigenvalue weighted by atomic mass is 9.96. The third-order valence-corrected chi connectivity index (χ3v) is 3.73. The summed E-state index contributed by atoms with van der Waals surface area (Å²) < 4.78 is 13.5. The van der Waals surface area contributed by atoms with E-state index in [-0.39, 0.29) is 16.6 Å². The summed E-state index contributed by atoms with van der Waals surface area (Å²) in [6, 6.07) is 3.19. The Morgan fingerprint density at radius 1 is 1.45 bits per heavy atom. The zero-order valence-electron chi connectivity index (χ0n) is 10.7. The minimum Gasteiger partial charge on any atom is -0.480 e. The van der Waals surface area contributed by atoms with Gasteiger partial charge in [0, 0.05) is 0 Å². The summed E-state index contributed by atoms with van der Waals surface area (Å²) in [5.41, 5.74) is -1.53. The molecule has 2 rings (SSSR count). The summed E-state index contributed by atoms with van der Waals surface area (Å²) in [4.78, 5) is 23.1. The molecule has 1 fully saturated rings. The fourth-order valence-electron chi connectivity index (χ4n) is 1.99. The van der Waals surface area contributed by atoms with E-state index in [1.54, 1.807) is 0 Å². The molecule has 1 aromatic rings. The predicted octanol–water partition coefficient (Wildman–Crippen LogP) is 2.85. The van der Waals surface area contributed by atoms with Crippen LogP contribution in [0.2, 0.25) is 5.02 Å². The second-order valence-corrected chi connectivity index (χ2v) is 5.36. The predicted molar refractivity (Wildman–Crippen MR) is 72.3 cm³/mol. The summed E-state index contributed by atoms with van der Waals surface area (Å²) in [7, 11) is 0. The summed E-state index contributed by atoms with van der Waals surface area (Å²) in [5, 5.41) is 13.9. The second kappa shape index (κ2) is 5.28. The second-order valence-electron chi connectivity index (χ2n) is 4.96. The van der Waals surface area contributed by atoms with Crippen LogP contribution in [0.5, 0.6) is 0 Å². The molecule has 0 saturated heterocycles. The van der Waals surface area contributed by atoms with Crippen LogP contribution >= 0.6 is 11.6 Å². The number of urea groups is 1. The zero-order chi connectivity index (χ0) is 14.9. The highest BCUT2D eigenvalue weighted by atomic mass is 35.5. The van der Waals surface area contributed by atoms with Crippen molar-refractivity contribution >= 4 is 29.3 Å². The van der Waals surface area contributed by atoms with Crippen LogP contribution in [0.4, 0.5) is 14.9 Å². The van der Waals surface area contributed by atoms with Gasteiger partial charge >= 0.3 is 12.0 Å². The number of para-hydroxylation sites is 1. The molecular formula is C13H14ClFN2O3. The van der Waals surface area contributed by atoms with Gasteiger partial charge in [-0.2, -0.15) is 0 Å². The SMILES string of the molecule is CC(NC(=O)Nc1c(F)cccc1Cl)(C(=O)O)C1CC1. The smallest absolute Gasteiger partial charge is 0.329 e. The summed E-state index contributed by atoms with van der Waals surface area (Å²) in [6.07, 6.45) is 1.48. The first-order valence-electron chi connectivity index (χ1n) is 6.11. The van der Waals surface area contributed by atoms with Gasteiger partial charge in [-0.1, -0.05) is 17.7 Å². The molecule has 1 atom stereocenters. The highest BCUT2D eigenvalue weighted by Gasteiger charge is 2.48. The molecule has 0 aromatic heterocycles. The molecule has 1 aliphatic rings. The molecule has 7 heteroatoms. The fraction of sp³-hybridized carbons (Fsp3) is 0.385. The van der Waals surface area contributed by atoms with Gasteiger partial charge in [0.2, 0.25) is 0 Å². The minimum atomic E-state index is -1.36. The van der Waals surface area contributed by atoms with Gasteiger partial charge in [-0.05, 0) is 37.8 Å². The number of aliphatic carboxylic acids is 1. The van der Waals surface area contributed by atoms with Gasteiger partial charge in [-0.15, -0.1) is 0 Å². The third-order valence-electron chi connectivity index (χ3n) is 3.41. The lowest BCUT2D eigenvalue weighted by Crippen LogP contribution is -2.55. The first-order valence-corrected chi connectivity index (χ1v) is 6.49. The molecule has 1 aliphatic carbocycles. The number of carbonyl (C=O) groups is 2. The van der Waals surface area contributed by atoms with Crippen molar-refractivity contribution in [2.75, 3.05) is 5.32 Å². The van der Waals surface area contributed by atoms with Gasteiger partial charge in [0.25, 0.3) is 0 Å². The summed E-state index contributed by atoms with van der Waals surface area (Å²) >= 11 is 5.78. The standard InChI is InChI=1S/C13H14ClFN2O3/c1-13(11(18)19,7-5-6-7)17-12(20)16-10-8(14)3-2-4-9(10)15/h2-4,7H,5-6H2,1H3,(H,18,19)(H2,16,17,20). The number of carboxylic acids is 1. The van der Waals surface area contributed by atoms with Gasteiger partial charge in [-0.3, -0.25) is 0 Å². The molecule has 1 unspecified atom stereocenters. The molecule has 0 aliphatic heterocycles. The number of hydrogen-bond donors (Lipinski definition) is 3. The average molecular weight is 301 g/mol. The molecule has 5 nitrogen and oxygen atoms in total. The molecule has 1 aromatic carbocycles. The van der Waals surface area contributed by atoms with Crippen LogP contribution in [-0.2, 0) is 4.79 Å². The zero-order valence-corrected chi connectivity index (χ0v) is 11.5. The molecule has 0 spiro atoms. The average Bonchev–Trinajstić information content (AvgIpc) is 3.18. The lowest BCUT2D eigenvalue weighted by Gasteiger charge is -2.26. The van der Waals surface area contributed by atoms with Crippen molar-refractivity contribution in [1.82, 2.24) is 5.32 Å². The molecule has 20 heavy (non-hydrogen) atoms. The van der Waals surface area contributed by atoms with E-state index < -0.39 is 23.4 Å². The van der Waals surface area contributed by atoms with Gasteiger partial charge < -0.3 is 15.7 Å². The van der Waals surface area contributed by atoms with E-state index in [1.807, 2.05) is 0 Å². The number of halogens is 2. The number of rotatable bonds is 4. The van der Waals surface area contributed by atoms with Crippen molar-refractivity contribution in [3.05, 3.63) is 29.0 Å². The Kier molecular flexibility index (Phi) is 3.85. The van der Waals surface area contributed by atoms with Crippen LogP contribution in [-0.4, -0.2) is 22.6 Å². The number of carboxylic acid groups (broad SMARTS) is 1. The van der Waals surface area contributed by atoms with Crippen molar-refractivity contribution < 1.29 is 19.1 Å². The van der Waals surface area contributed by atoms with Gasteiger partial charge in [0.15, 0.2) is 0 Å². The highest BCUT2D eigenvalue weighted by molar-refractivity contribution is 6.33. The van der Waals surface area contributed by atoms with Gasteiger partial charge in [-0.25, -0.2) is 14.0 Å². The number of anilines is 1. The Morgan fingerprint density at radius 3 is 2.60 bits per heavy atom. The third kappa shape index (κ3) is 2.85. The van der Waals surface area contributed by atoms with Crippen LogP contribution < -0.4 is 10.6 Å². The lowest BCUT2D eigenvalue weighted by molar-refractivity contribution is -0.144. The molecule has 0 bridgehead atoms. The Hall–Kier alpha value is -1.82. The van der Waals surface area contributed by atoms with Crippen LogP contribution in [0.1, 0.15) is 19.8 Å². The molecule has 108 valence electrons. The maximum atomic E-state index is 13.5. The van der Waals surface area contributed by atoms with Crippen LogP contribution in [0, 0.1) is 11.7 Å². The van der Waals surface area contributed by atoms with E-state index in [1.165, 1.54) is 19.1 Å². The maximum absolute atomic E-state index is 13.5. The monoisotopic (exact) mass is 300 g/mol. The van der Waals surface area contributed by atoms with E-state index >= 15 is 0 Å². The Balaban J connectivity index is 2.11. The summed E-state index contributed by atoms with van der Waals surface area (Å²) in [5.74, 6) is -1.91. The van der Waals surface area contributed by atoms with E-state index in [4.69, 9.17) is 11.6 Å². The van der Waals surface area contributed by atoms with E-state index in [2.05, 4.69) is 10.6 Å². The maximum Gasteiger partial charge on any atom is 0.329 e. The molecule has 1 saturated carbocycles. The van der Waals surface area contributed by atoms with E-state index in [0.717, 1.165) is 18.9 Å². The molecule has 2 amide bonds. The number of nitrogens with one attached hydrogen (secondary N) is 2. The van der Waals surface area contributed by atoms with Crippen LogP contribution in [0.3, 0.4) is 0 Å². The number of amides is 2. The fourth-order valence-corrected chi connectivity index (χ4v) is 2.20. The summed E-state index contributed by atoms with van der Waals surface area (Å²) in [6.45, 7) is 1.44. The number of hydrogen-bond acceptors (Lipinski definition) is 2. The van der Waals surface area contributed by atoms with Crippen LogP contribution in [0.25, 0.3) is 0 Å². The quantitative estimate of drug-likeness (QED) is 0.800. The van der Waals surface area contributed by atoms with Crippen molar-refractivity contribution in [2.24, 2.45) is 5.92 Å². The number of benzene rings is 1. The first kappa shape index (κ1) is 14.6. The largest absolute Gasteiger partial charge is 0.480 e. The first-order chi connectivity index (χ1) is 9.34. The van der Waals surface area contributed by atoms with Crippen LogP contribution in [0.15, 0.2) is 18.2 Å². The Labute approximate surface area is 120 Å². The molecule has 0 heterocycles. The Morgan fingerprint density at radius 2 is 2.10 bits per heavy atom. The minimum absolute atomic E-state index is 0.0450. The molecule has 3 N–H and O–H groups in total. The van der Waals surface area contributed by atoms with Crippen molar-refractivity contribution in [3.8, 4) is 0 Å².